The second kappa shape index (κ2) is 15.3. The lowest BCUT2D eigenvalue weighted by molar-refractivity contribution is -0.138. The highest BCUT2D eigenvalue weighted by Gasteiger charge is 2.35. The minimum absolute atomic E-state index is 0.167. The highest BCUT2D eigenvalue weighted by atomic mass is 79.9. The fourth-order valence-electron chi connectivity index (χ4n) is 5.57. The van der Waals surface area contributed by atoms with Crippen LogP contribution in [0.5, 0.6) is 17.2 Å². The molecule has 11 heteroatoms. The Balaban J connectivity index is 1.49. The minimum Gasteiger partial charge on any atom is -0.494 e. The second-order valence-corrected chi connectivity index (χ2v) is 13.2. The van der Waals surface area contributed by atoms with Crippen LogP contribution >= 0.6 is 38.9 Å². The first-order valence-corrected chi connectivity index (χ1v) is 17.6. The quantitative estimate of drug-likeness (QED) is 0.131. The lowest BCUT2D eigenvalue weighted by atomic mass is 9.93. The van der Waals surface area contributed by atoms with Gasteiger partial charge in [0.05, 0.1) is 46.6 Å². The average Bonchev–Trinajstić information content (AvgIpc) is 3.41. The third-order valence-corrected chi connectivity index (χ3v) is 9.51. The zero-order chi connectivity index (χ0) is 34.5. The van der Waals surface area contributed by atoms with Gasteiger partial charge in [-0.1, -0.05) is 77.5 Å². The van der Waals surface area contributed by atoms with Gasteiger partial charge in [-0.05, 0) is 88.9 Å². The van der Waals surface area contributed by atoms with Gasteiger partial charge in [-0.2, -0.15) is 0 Å². The molecule has 0 radical (unpaired) electrons. The summed E-state index contributed by atoms with van der Waals surface area (Å²) in [6, 6.07) is 27.1. The summed E-state index contributed by atoms with van der Waals surface area (Å²) < 4.78 is 25.7. The van der Waals surface area contributed by atoms with E-state index in [9.17, 15) is 9.59 Å². The van der Waals surface area contributed by atoms with Crippen molar-refractivity contribution < 1.29 is 23.7 Å². The number of hydrogen-bond donors (Lipinski definition) is 0. The molecule has 0 N–H and O–H groups in total. The SMILES string of the molecule is CCOC(=O)C1=C(c2ccccc2)N=c2s/c(=C\c3cc(Br)c(OCc4cccc(Cl)c4)c(OC)c3)c(=O)n2[C@@H]1c1ccc(OCC)cc1. The monoisotopic (exact) mass is 758 g/mol. The maximum absolute atomic E-state index is 14.3. The van der Waals surface area contributed by atoms with Gasteiger partial charge in [0.25, 0.3) is 5.56 Å². The van der Waals surface area contributed by atoms with Crippen molar-refractivity contribution in [1.29, 1.82) is 0 Å². The van der Waals surface area contributed by atoms with Gasteiger partial charge in [0, 0.05) is 10.6 Å². The number of carbonyl (C=O) groups excluding carboxylic acids is 1. The molecule has 1 aromatic heterocycles. The molecule has 4 aromatic carbocycles. The van der Waals surface area contributed by atoms with Crippen molar-refractivity contribution in [3.8, 4) is 17.2 Å². The van der Waals surface area contributed by atoms with Crippen molar-refractivity contribution in [3.63, 3.8) is 0 Å². The Bertz CT molecular complexity index is 2210. The third kappa shape index (κ3) is 7.36. The molecule has 250 valence electrons. The van der Waals surface area contributed by atoms with Crippen LogP contribution in [-0.2, 0) is 16.1 Å². The van der Waals surface area contributed by atoms with Crippen LogP contribution in [0.4, 0.5) is 0 Å². The van der Waals surface area contributed by atoms with Crippen molar-refractivity contribution in [2.75, 3.05) is 20.3 Å². The molecule has 0 amide bonds. The Morgan fingerprint density at radius 1 is 0.980 bits per heavy atom. The number of ether oxygens (including phenoxy) is 4. The zero-order valence-electron chi connectivity index (χ0n) is 26.9. The number of carbonyl (C=O) groups is 1. The van der Waals surface area contributed by atoms with Gasteiger partial charge in [0.1, 0.15) is 12.4 Å². The van der Waals surface area contributed by atoms with Crippen LogP contribution in [-0.4, -0.2) is 30.9 Å². The van der Waals surface area contributed by atoms with E-state index in [1.807, 2.05) is 85.8 Å². The summed E-state index contributed by atoms with van der Waals surface area (Å²) in [6.07, 6.45) is 1.78. The Hall–Kier alpha value is -4.64. The fourth-order valence-corrected chi connectivity index (χ4v) is 7.35. The molecule has 49 heavy (non-hydrogen) atoms. The van der Waals surface area contributed by atoms with Gasteiger partial charge in [-0.25, -0.2) is 9.79 Å². The smallest absolute Gasteiger partial charge is 0.338 e. The number of rotatable bonds is 11. The number of halogens is 2. The molecule has 0 saturated heterocycles. The average molecular weight is 760 g/mol. The van der Waals surface area contributed by atoms with Gasteiger partial charge in [0.2, 0.25) is 0 Å². The van der Waals surface area contributed by atoms with Crippen LogP contribution in [0.3, 0.4) is 0 Å². The van der Waals surface area contributed by atoms with Gasteiger partial charge < -0.3 is 18.9 Å². The summed E-state index contributed by atoms with van der Waals surface area (Å²) in [5, 5.41) is 0.624. The molecule has 1 atom stereocenters. The van der Waals surface area contributed by atoms with Crippen molar-refractivity contribution in [1.82, 2.24) is 4.57 Å². The number of esters is 1. The maximum atomic E-state index is 14.3. The summed E-state index contributed by atoms with van der Waals surface area (Å²) in [4.78, 5) is 33.4. The van der Waals surface area contributed by atoms with E-state index in [-0.39, 0.29) is 24.3 Å². The largest absolute Gasteiger partial charge is 0.494 e. The first-order valence-electron chi connectivity index (χ1n) is 15.6. The first kappa shape index (κ1) is 34.2. The van der Waals surface area contributed by atoms with Crippen LogP contribution in [0.25, 0.3) is 11.8 Å². The second-order valence-electron chi connectivity index (χ2n) is 10.9. The minimum atomic E-state index is -0.799. The molecular formula is C38H32BrClN2O6S. The van der Waals surface area contributed by atoms with Crippen LogP contribution in [0.1, 0.15) is 42.1 Å². The summed E-state index contributed by atoms with van der Waals surface area (Å²) in [7, 11) is 1.56. The van der Waals surface area contributed by atoms with Gasteiger partial charge >= 0.3 is 5.97 Å². The maximum Gasteiger partial charge on any atom is 0.338 e. The lowest BCUT2D eigenvalue weighted by Gasteiger charge is -2.26. The highest BCUT2D eigenvalue weighted by Crippen LogP contribution is 2.38. The van der Waals surface area contributed by atoms with Gasteiger partial charge in [0.15, 0.2) is 16.3 Å². The van der Waals surface area contributed by atoms with Crippen LogP contribution in [0.2, 0.25) is 5.02 Å². The Morgan fingerprint density at radius 2 is 1.76 bits per heavy atom. The molecule has 0 spiro atoms. The molecule has 8 nitrogen and oxygen atoms in total. The van der Waals surface area contributed by atoms with E-state index in [2.05, 4.69) is 15.9 Å². The summed E-state index contributed by atoms with van der Waals surface area (Å²) in [6.45, 7) is 4.62. The van der Waals surface area contributed by atoms with Crippen molar-refractivity contribution in [2.24, 2.45) is 4.99 Å². The first-order chi connectivity index (χ1) is 23.8. The predicted octanol–water partition coefficient (Wildman–Crippen LogP) is 7.34. The van der Waals surface area contributed by atoms with E-state index in [1.54, 1.807) is 36.8 Å². The fraction of sp³-hybridized carbons (Fsp3) is 0.184. The number of thiazole rings is 1. The molecule has 0 bridgehead atoms. The molecule has 1 aliphatic rings. The number of methoxy groups -OCH3 is 1. The van der Waals surface area contributed by atoms with Crippen molar-refractivity contribution >= 4 is 56.6 Å². The number of benzene rings is 4. The number of aromatic nitrogens is 1. The number of nitrogens with zero attached hydrogens (tertiary/aromatic N) is 2. The van der Waals surface area contributed by atoms with Crippen LogP contribution in [0, 0.1) is 0 Å². The van der Waals surface area contributed by atoms with Crippen LogP contribution in [0.15, 0.2) is 111 Å². The van der Waals surface area contributed by atoms with Crippen molar-refractivity contribution in [3.05, 3.63) is 148 Å². The highest BCUT2D eigenvalue weighted by molar-refractivity contribution is 9.10. The normalized spacial score (nSPS) is 14.2. The Labute approximate surface area is 300 Å². The molecule has 0 unspecified atom stereocenters. The van der Waals surface area contributed by atoms with Gasteiger partial charge in [-0.3, -0.25) is 9.36 Å². The van der Waals surface area contributed by atoms with E-state index in [1.165, 1.54) is 11.3 Å². The van der Waals surface area contributed by atoms with Crippen LogP contribution < -0.4 is 29.1 Å². The molecular weight excluding hydrogens is 728 g/mol. The van der Waals surface area contributed by atoms with E-state index in [0.717, 1.165) is 11.1 Å². The summed E-state index contributed by atoms with van der Waals surface area (Å²) in [5.41, 5.74) is 3.50. The molecule has 0 saturated carbocycles. The zero-order valence-corrected chi connectivity index (χ0v) is 30.1. The van der Waals surface area contributed by atoms with E-state index in [0.29, 0.717) is 59.5 Å². The third-order valence-electron chi connectivity index (χ3n) is 7.70. The van der Waals surface area contributed by atoms with Crippen molar-refractivity contribution in [2.45, 2.75) is 26.5 Å². The topological polar surface area (TPSA) is 88.4 Å². The molecule has 2 heterocycles. The van der Waals surface area contributed by atoms with E-state index >= 15 is 0 Å². The summed E-state index contributed by atoms with van der Waals surface area (Å²) >= 11 is 11.0. The molecule has 6 rings (SSSR count). The number of fused-ring (bicyclic) bond motifs is 1. The molecule has 0 aliphatic carbocycles. The Morgan fingerprint density at radius 3 is 2.45 bits per heavy atom. The standard InChI is InChI=1S/C38H32BrClN2O6S/c1-4-46-28-16-14-26(15-17-28)34-32(37(44)47-5-2)33(25-11-7-6-8-12-25)41-38-42(34)36(43)31(49-38)21-24-19-29(39)35(30(20-24)45-3)48-22-23-10-9-13-27(40)18-23/h6-21,34H,4-5,22H2,1-3H3/b31-21-/t34-/m1/s1. The van der Waals surface area contributed by atoms with E-state index < -0.39 is 12.0 Å². The molecule has 0 fully saturated rings. The van der Waals surface area contributed by atoms with E-state index in [4.69, 9.17) is 35.5 Å². The molecule has 5 aromatic rings. The lowest BCUT2D eigenvalue weighted by Crippen LogP contribution is -2.40. The molecule has 1 aliphatic heterocycles. The number of hydrogen-bond acceptors (Lipinski definition) is 8. The van der Waals surface area contributed by atoms with Gasteiger partial charge in [-0.15, -0.1) is 0 Å². The Kier molecular flexibility index (Phi) is 10.7. The predicted molar refractivity (Wildman–Crippen MR) is 195 cm³/mol. The summed E-state index contributed by atoms with van der Waals surface area (Å²) in [5.74, 6) is 1.14.